The third-order valence-electron chi connectivity index (χ3n) is 4.48. The number of halogens is 2. The molecule has 28 heavy (non-hydrogen) atoms. The van der Waals surface area contributed by atoms with E-state index >= 15 is 0 Å². The third kappa shape index (κ3) is 3.59. The standard InChI is InChI=1S/C21H14Cl2N2O3/c22-15-2-3-17(23)16(12-15)20(26)14-1-4-18-19(11-14)28-21(27)25(18)10-7-13-5-8-24-9-6-13/h1-6,8-9,11-12H,7,10H2. The van der Waals surface area contributed by atoms with Gasteiger partial charge in [0.05, 0.1) is 10.5 Å². The molecule has 0 aliphatic carbocycles. The Labute approximate surface area is 170 Å². The molecule has 0 atom stereocenters. The average molecular weight is 413 g/mol. The Bertz CT molecular complexity index is 1230. The molecule has 2 heterocycles. The zero-order valence-electron chi connectivity index (χ0n) is 14.6. The number of pyridine rings is 1. The third-order valence-corrected chi connectivity index (χ3v) is 5.04. The molecule has 140 valence electrons. The maximum absolute atomic E-state index is 12.8. The highest BCUT2D eigenvalue weighted by Crippen LogP contribution is 2.25. The zero-order chi connectivity index (χ0) is 19.7. The van der Waals surface area contributed by atoms with Crippen LogP contribution in [0.25, 0.3) is 11.1 Å². The second-order valence-corrected chi connectivity index (χ2v) is 7.10. The fourth-order valence-corrected chi connectivity index (χ4v) is 3.41. The van der Waals surface area contributed by atoms with E-state index in [2.05, 4.69) is 4.98 Å². The van der Waals surface area contributed by atoms with Crippen LogP contribution in [0.4, 0.5) is 0 Å². The molecule has 0 radical (unpaired) electrons. The molecule has 0 N–H and O–H groups in total. The molecule has 2 aromatic carbocycles. The monoisotopic (exact) mass is 412 g/mol. The molecule has 0 saturated carbocycles. The van der Waals surface area contributed by atoms with Gasteiger partial charge in [-0.2, -0.15) is 0 Å². The van der Waals surface area contributed by atoms with E-state index in [-0.39, 0.29) is 5.78 Å². The van der Waals surface area contributed by atoms with E-state index in [0.717, 1.165) is 5.56 Å². The minimum Gasteiger partial charge on any atom is -0.408 e. The molecule has 4 rings (SSSR count). The van der Waals surface area contributed by atoms with Crippen molar-refractivity contribution in [2.45, 2.75) is 13.0 Å². The Morgan fingerprint density at radius 1 is 1.04 bits per heavy atom. The van der Waals surface area contributed by atoms with E-state index in [0.29, 0.717) is 45.2 Å². The molecule has 4 aromatic rings. The summed E-state index contributed by atoms with van der Waals surface area (Å²) in [4.78, 5) is 29.0. The van der Waals surface area contributed by atoms with Gasteiger partial charge in [-0.3, -0.25) is 14.3 Å². The predicted octanol–water partition coefficient (Wildman–Crippen LogP) is 4.77. The van der Waals surface area contributed by atoms with Gasteiger partial charge in [0.15, 0.2) is 11.4 Å². The fraction of sp³-hybridized carbons (Fsp3) is 0.0952. The highest BCUT2D eigenvalue weighted by atomic mass is 35.5. The molecule has 0 fully saturated rings. The number of nitrogens with zero attached hydrogens (tertiary/aromatic N) is 2. The second kappa shape index (κ2) is 7.62. The van der Waals surface area contributed by atoms with Gasteiger partial charge in [0.2, 0.25) is 0 Å². The Kier molecular flexibility index (Phi) is 5.03. The van der Waals surface area contributed by atoms with E-state index in [9.17, 15) is 9.59 Å². The number of fused-ring (bicyclic) bond motifs is 1. The van der Waals surface area contributed by atoms with Gasteiger partial charge >= 0.3 is 5.76 Å². The normalized spacial score (nSPS) is 11.1. The number of carbonyl (C=O) groups is 1. The van der Waals surface area contributed by atoms with Crippen molar-refractivity contribution in [3.63, 3.8) is 0 Å². The Morgan fingerprint density at radius 2 is 1.82 bits per heavy atom. The van der Waals surface area contributed by atoms with E-state index in [4.69, 9.17) is 27.6 Å². The number of aryl methyl sites for hydroxylation is 2. The summed E-state index contributed by atoms with van der Waals surface area (Å²) in [6.07, 6.45) is 4.09. The van der Waals surface area contributed by atoms with Crippen LogP contribution < -0.4 is 5.76 Å². The Balaban J connectivity index is 1.66. The van der Waals surface area contributed by atoms with Crippen molar-refractivity contribution in [2.75, 3.05) is 0 Å². The number of oxazole rings is 1. The fourth-order valence-electron chi connectivity index (χ4n) is 3.04. The van der Waals surface area contributed by atoms with Crippen molar-refractivity contribution in [1.29, 1.82) is 0 Å². The first-order chi connectivity index (χ1) is 13.5. The van der Waals surface area contributed by atoms with Crippen LogP contribution in [0, 0.1) is 0 Å². The molecule has 0 aliphatic rings. The lowest BCUT2D eigenvalue weighted by molar-refractivity contribution is 0.103. The molecule has 0 saturated heterocycles. The summed E-state index contributed by atoms with van der Waals surface area (Å²) in [5.41, 5.74) is 2.72. The van der Waals surface area contributed by atoms with Gasteiger partial charge in [0, 0.05) is 35.1 Å². The maximum atomic E-state index is 12.8. The lowest BCUT2D eigenvalue weighted by Crippen LogP contribution is -2.15. The van der Waals surface area contributed by atoms with Crippen molar-refractivity contribution in [2.24, 2.45) is 0 Å². The van der Waals surface area contributed by atoms with Crippen LogP contribution in [-0.4, -0.2) is 15.3 Å². The van der Waals surface area contributed by atoms with E-state index < -0.39 is 5.76 Å². The maximum Gasteiger partial charge on any atom is 0.419 e. The lowest BCUT2D eigenvalue weighted by Gasteiger charge is -2.05. The molecular formula is C21H14Cl2N2O3. The summed E-state index contributed by atoms with van der Waals surface area (Å²) >= 11 is 12.1. The van der Waals surface area contributed by atoms with Gasteiger partial charge < -0.3 is 4.42 Å². The van der Waals surface area contributed by atoms with Crippen LogP contribution in [0.3, 0.4) is 0 Å². The molecular weight excluding hydrogens is 399 g/mol. The Morgan fingerprint density at radius 3 is 2.61 bits per heavy atom. The van der Waals surface area contributed by atoms with Crippen molar-refractivity contribution >= 4 is 40.1 Å². The van der Waals surface area contributed by atoms with Crippen LogP contribution in [0.2, 0.25) is 10.0 Å². The number of hydrogen-bond donors (Lipinski definition) is 0. The average Bonchev–Trinajstić information content (AvgIpc) is 3.02. The van der Waals surface area contributed by atoms with Crippen molar-refractivity contribution in [1.82, 2.24) is 9.55 Å². The molecule has 2 aromatic heterocycles. The number of carbonyl (C=O) groups excluding carboxylic acids is 1. The number of aromatic nitrogens is 2. The molecule has 5 nitrogen and oxygen atoms in total. The minimum absolute atomic E-state index is 0.290. The lowest BCUT2D eigenvalue weighted by atomic mass is 10.0. The summed E-state index contributed by atoms with van der Waals surface area (Å²) in [6.45, 7) is 0.462. The number of ketones is 1. The van der Waals surface area contributed by atoms with E-state index in [1.165, 1.54) is 6.07 Å². The van der Waals surface area contributed by atoms with Gasteiger partial charge in [0.1, 0.15) is 0 Å². The van der Waals surface area contributed by atoms with Gasteiger partial charge in [-0.15, -0.1) is 0 Å². The van der Waals surface area contributed by atoms with Crippen LogP contribution in [-0.2, 0) is 13.0 Å². The molecule has 0 aliphatic heterocycles. The van der Waals surface area contributed by atoms with Crippen molar-refractivity contribution in [3.8, 4) is 0 Å². The highest BCUT2D eigenvalue weighted by molar-refractivity contribution is 6.36. The largest absolute Gasteiger partial charge is 0.419 e. The second-order valence-electron chi connectivity index (χ2n) is 6.26. The van der Waals surface area contributed by atoms with Crippen LogP contribution in [0.15, 0.2) is 70.1 Å². The summed E-state index contributed by atoms with van der Waals surface area (Å²) < 4.78 is 6.90. The van der Waals surface area contributed by atoms with E-state index in [1.54, 1.807) is 47.3 Å². The molecule has 0 unspecified atom stereocenters. The molecule has 0 spiro atoms. The summed E-state index contributed by atoms with van der Waals surface area (Å²) in [5.74, 6) is -0.754. The number of hydrogen-bond acceptors (Lipinski definition) is 4. The first-order valence-electron chi connectivity index (χ1n) is 8.55. The van der Waals surface area contributed by atoms with Gasteiger partial charge in [-0.05, 0) is 60.5 Å². The highest BCUT2D eigenvalue weighted by Gasteiger charge is 2.17. The van der Waals surface area contributed by atoms with Gasteiger partial charge in [-0.25, -0.2) is 4.79 Å². The quantitative estimate of drug-likeness (QED) is 0.442. The van der Waals surface area contributed by atoms with Crippen LogP contribution in [0.5, 0.6) is 0 Å². The zero-order valence-corrected chi connectivity index (χ0v) is 16.1. The number of benzene rings is 2. The topological polar surface area (TPSA) is 65.1 Å². The van der Waals surface area contributed by atoms with Crippen LogP contribution in [0.1, 0.15) is 21.5 Å². The molecule has 0 bridgehead atoms. The Hall–Kier alpha value is -2.89. The molecule has 0 amide bonds. The summed E-state index contributed by atoms with van der Waals surface area (Å²) in [5, 5.41) is 0.730. The first kappa shape index (κ1) is 18.5. The van der Waals surface area contributed by atoms with Gasteiger partial charge in [-0.1, -0.05) is 23.2 Å². The first-order valence-corrected chi connectivity index (χ1v) is 9.30. The van der Waals surface area contributed by atoms with Crippen molar-refractivity contribution < 1.29 is 9.21 Å². The van der Waals surface area contributed by atoms with Crippen molar-refractivity contribution in [3.05, 3.63) is 98.2 Å². The minimum atomic E-state index is -0.463. The predicted molar refractivity (Wildman–Crippen MR) is 108 cm³/mol. The van der Waals surface area contributed by atoms with E-state index in [1.807, 2.05) is 12.1 Å². The van der Waals surface area contributed by atoms with Crippen LogP contribution >= 0.6 is 23.2 Å². The smallest absolute Gasteiger partial charge is 0.408 e. The van der Waals surface area contributed by atoms with Gasteiger partial charge in [0.25, 0.3) is 0 Å². The number of rotatable bonds is 5. The molecule has 7 heteroatoms. The summed E-state index contributed by atoms with van der Waals surface area (Å²) in [6, 6.07) is 13.4. The summed E-state index contributed by atoms with van der Waals surface area (Å²) in [7, 11) is 0. The SMILES string of the molecule is O=C(c1ccc2c(c1)oc(=O)n2CCc1ccncc1)c1cc(Cl)ccc1Cl.